The Morgan fingerprint density at radius 3 is 2.55 bits per heavy atom. The first-order valence-electron chi connectivity index (χ1n) is 5.68. The summed E-state index contributed by atoms with van der Waals surface area (Å²) in [5, 5.41) is 11.0. The van der Waals surface area contributed by atoms with Crippen LogP contribution in [0.1, 0.15) is 5.82 Å². The molecule has 1 heterocycles. The predicted molar refractivity (Wildman–Crippen MR) is 79.2 cm³/mol. The van der Waals surface area contributed by atoms with Gasteiger partial charge in [-0.2, -0.15) is 8.42 Å². The third kappa shape index (κ3) is 2.51. The highest BCUT2D eigenvalue weighted by Crippen LogP contribution is 2.39. The van der Waals surface area contributed by atoms with Gasteiger partial charge in [-0.25, -0.2) is 4.98 Å². The second-order valence-corrected chi connectivity index (χ2v) is 6.62. The van der Waals surface area contributed by atoms with Crippen molar-refractivity contribution in [1.29, 1.82) is 0 Å². The Bertz CT molecular complexity index is 863. The fourth-order valence-electron chi connectivity index (χ4n) is 1.85. The van der Waals surface area contributed by atoms with Crippen LogP contribution >= 0.6 is 23.2 Å². The van der Waals surface area contributed by atoms with Gasteiger partial charge < -0.3 is 14.9 Å². The molecular formula is C11H9Cl2N3O5S. The maximum Gasteiger partial charge on any atom is 0.358 e. The van der Waals surface area contributed by atoms with Gasteiger partial charge in [0.15, 0.2) is 10.6 Å². The number of ether oxygens (including phenoxy) is 1. The number of hydrogen-bond acceptors (Lipinski definition) is 6. The van der Waals surface area contributed by atoms with E-state index >= 15 is 0 Å². The highest BCUT2D eigenvalue weighted by molar-refractivity contribution is 7.90. The number of imidazole rings is 1. The summed E-state index contributed by atoms with van der Waals surface area (Å²) in [5.74, 6) is -0.956. The summed E-state index contributed by atoms with van der Waals surface area (Å²) in [6, 6.07) is 2.42. The normalized spacial score (nSPS) is 11.5. The highest BCUT2D eigenvalue weighted by Gasteiger charge is 2.35. The molecule has 118 valence electrons. The zero-order valence-electron chi connectivity index (χ0n) is 11.3. The molecule has 0 aliphatic carbocycles. The molecule has 0 N–H and O–H groups in total. The lowest BCUT2D eigenvalue weighted by Crippen LogP contribution is -2.17. The van der Waals surface area contributed by atoms with Crippen molar-refractivity contribution in [2.24, 2.45) is 0 Å². The van der Waals surface area contributed by atoms with Crippen LogP contribution in [0.2, 0.25) is 10.0 Å². The van der Waals surface area contributed by atoms with E-state index in [4.69, 9.17) is 27.9 Å². The first kappa shape index (κ1) is 16.5. The standard InChI is InChI=1S/C11H9Cl2N3O5S/c1-6-14-5-9(16(17)18)15(6)22(19,20)8-4-3-7(12)10(13)11(8)21-2/h3-5H,1-2H3. The van der Waals surface area contributed by atoms with E-state index in [0.717, 1.165) is 12.3 Å². The van der Waals surface area contributed by atoms with E-state index in [9.17, 15) is 18.5 Å². The molecular weight excluding hydrogens is 357 g/mol. The number of hydrogen-bond donors (Lipinski definition) is 0. The molecule has 11 heteroatoms. The van der Waals surface area contributed by atoms with E-state index in [1.54, 1.807) is 0 Å². The molecule has 0 spiro atoms. The van der Waals surface area contributed by atoms with Crippen LogP contribution < -0.4 is 4.74 Å². The number of methoxy groups -OCH3 is 1. The first-order chi connectivity index (χ1) is 10.2. The highest BCUT2D eigenvalue weighted by atomic mass is 35.5. The molecule has 0 atom stereocenters. The van der Waals surface area contributed by atoms with Gasteiger partial charge in [0, 0.05) is 6.92 Å². The summed E-state index contributed by atoms with van der Waals surface area (Å²) < 4.78 is 30.9. The fraction of sp³-hybridized carbons (Fsp3) is 0.182. The third-order valence-corrected chi connectivity index (χ3v) is 5.39. The molecule has 0 saturated heterocycles. The van der Waals surface area contributed by atoms with Gasteiger partial charge in [-0.1, -0.05) is 27.2 Å². The molecule has 0 bridgehead atoms. The molecule has 8 nitrogen and oxygen atoms in total. The minimum absolute atomic E-state index is 0.0696. The maximum atomic E-state index is 12.7. The molecule has 2 rings (SSSR count). The Kier molecular flexibility index (Phi) is 4.32. The van der Waals surface area contributed by atoms with Gasteiger partial charge in [0.05, 0.1) is 12.1 Å². The van der Waals surface area contributed by atoms with Crippen LogP contribution in [0.5, 0.6) is 5.75 Å². The molecule has 0 saturated carbocycles. The monoisotopic (exact) mass is 365 g/mol. The van der Waals surface area contributed by atoms with Crippen molar-refractivity contribution >= 4 is 39.0 Å². The zero-order chi connectivity index (χ0) is 16.7. The van der Waals surface area contributed by atoms with E-state index in [-0.39, 0.29) is 26.5 Å². The Balaban J connectivity index is 2.80. The van der Waals surface area contributed by atoms with Gasteiger partial charge in [-0.15, -0.1) is 0 Å². The van der Waals surface area contributed by atoms with Gasteiger partial charge in [-0.05, 0) is 17.1 Å². The van der Waals surface area contributed by atoms with Crippen molar-refractivity contribution in [2.45, 2.75) is 11.8 Å². The maximum absolute atomic E-state index is 12.7. The predicted octanol–water partition coefficient (Wildman–Crippen LogP) is 2.65. The van der Waals surface area contributed by atoms with Crippen LogP contribution in [0.4, 0.5) is 5.82 Å². The summed E-state index contributed by atoms with van der Waals surface area (Å²) in [6.07, 6.45) is 0.858. The number of rotatable bonds is 4. The van der Waals surface area contributed by atoms with Crippen LogP contribution in [0.3, 0.4) is 0 Å². The van der Waals surface area contributed by atoms with Crippen molar-refractivity contribution in [3.8, 4) is 5.75 Å². The number of benzene rings is 1. The number of aryl methyl sites for hydroxylation is 1. The summed E-state index contributed by atoms with van der Waals surface area (Å²) in [5.41, 5.74) is 0. The molecule has 0 radical (unpaired) electrons. The SMILES string of the molecule is COc1c(S(=O)(=O)n2c([N+](=O)[O-])cnc2C)ccc(Cl)c1Cl. The van der Waals surface area contributed by atoms with Gasteiger partial charge in [0.2, 0.25) is 5.82 Å². The lowest BCUT2D eigenvalue weighted by Gasteiger charge is -2.11. The second kappa shape index (κ2) is 5.75. The minimum Gasteiger partial charge on any atom is -0.494 e. The van der Waals surface area contributed by atoms with Crippen molar-refractivity contribution in [2.75, 3.05) is 7.11 Å². The molecule has 0 unspecified atom stereocenters. The van der Waals surface area contributed by atoms with Crippen molar-refractivity contribution in [1.82, 2.24) is 8.96 Å². The number of halogens is 2. The zero-order valence-corrected chi connectivity index (χ0v) is 13.6. The molecule has 0 aliphatic rings. The molecule has 0 aliphatic heterocycles. The van der Waals surface area contributed by atoms with Gasteiger partial charge in [-0.3, -0.25) is 0 Å². The largest absolute Gasteiger partial charge is 0.494 e. The van der Waals surface area contributed by atoms with Crippen molar-refractivity contribution < 1.29 is 18.1 Å². The molecule has 22 heavy (non-hydrogen) atoms. The summed E-state index contributed by atoms with van der Waals surface area (Å²) >= 11 is 11.7. The average molecular weight is 366 g/mol. The van der Waals surface area contributed by atoms with E-state index in [2.05, 4.69) is 4.98 Å². The minimum atomic E-state index is -4.34. The van der Waals surface area contributed by atoms with Crippen LogP contribution in [-0.4, -0.2) is 29.4 Å². The Morgan fingerprint density at radius 1 is 1.36 bits per heavy atom. The van der Waals surface area contributed by atoms with Crippen molar-refractivity contribution in [3.05, 3.63) is 44.3 Å². The smallest absolute Gasteiger partial charge is 0.358 e. The van der Waals surface area contributed by atoms with Crippen LogP contribution in [0.15, 0.2) is 23.2 Å². The summed E-state index contributed by atoms with van der Waals surface area (Å²) in [6.45, 7) is 1.33. The fourth-order valence-corrected chi connectivity index (χ4v) is 3.90. The van der Waals surface area contributed by atoms with Gasteiger partial charge >= 0.3 is 15.8 Å². The average Bonchev–Trinajstić information content (AvgIpc) is 2.84. The topological polar surface area (TPSA) is 104 Å². The van der Waals surface area contributed by atoms with Gasteiger partial charge in [0.25, 0.3) is 0 Å². The molecule has 1 aromatic carbocycles. The van der Waals surface area contributed by atoms with E-state index in [1.165, 1.54) is 20.1 Å². The quantitative estimate of drug-likeness (QED) is 0.609. The molecule has 2 aromatic rings. The summed E-state index contributed by atoms with van der Waals surface area (Å²) in [7, 11) is -3.13. The molecule has 0 fully saturated rings. The lowest BCUT2D eigenvalue weighted by molar-refractivity contribution is -0.390. The first-order valence-corrected chi connectivity index (χ1v) is 7.87. The van der Waals surface area contributed by atoms with Crippen LogP contribution in [0.25, 0.3) is 0 Å². The Morgan fingerprint density at radius 2 is 2.00 bits per heavy atom. The summed E-state index contributed by atoms with van der Waals surface area (Å²) in [4.78, 5) is 13.5. The van der Waals surface area contributed by atoms with E-state index in [0.29, 0.717) is 3.97 Å². The Hall–Kier alpha value is -1.84. The molecule has 1 aromatic heterocycles. The van der Waals surface area contributed by atoms with E-state index in [1.807, 2.05) is 0 Å². The number of aromatic nitrogens is 2. The second-order valence-electron chi connectivity index (χ2n) is 4.08. The van der Waals surface area contributed by atoms with Crippen LogP contribution in [-0.2, 0) is 10.0 Å². The van der Waals surface area contributed by atoms with E-state index < -0.39 is 20.8 Å². The van der Waals surface area contributed by atoms with Crippen LogP contribution in [0, 0.1) is 17.0 Å². The van der Waals surface area contributed by atoms with Gasteiger partial charge in [0.1, 0.15) is 11.2 Å². The molecule has 0 amide bonds. The number of nitro groups is 1. The third-order valence-electron chi connectivity index (χ3n) is 2.79. The van der Waals surface area contributed by atoms with Crippen molar-refractivity contribution in [3.63, 3.8) is 0 Å². The Labute approximate surface area is 135 Å². The lowest BCUT2D eigenvalue weighted by atomic mass is 10.3. The number of nitrogens with zero attached hydrogens (tertiary/aromatic N) is 3.